The lowest BCUT2D eigenvalue weighted by atomic mass is 9.88. The normalized spacial score (nSPS) is 20.6. The van der Waals surface area contributed by atoms with Crippen LogP contribution in [0.2, 0.25) is 0 Å². The molecular formula is C12H15FO. The fourth-order valence-electron chi connectivity index (χ4n) is 2.00. The smallest absolute Gasteiger partial charge is 0.123 e. The molecule has 0 saturated heterocycles. The van der Waals surface area contributed by atoms with Crippen molar-refractivity contribution in [2.45, 2.75) is 32.3 Å². The minimum Gasteiger partial charge on any atom is -0.385 e. The summed E-state index contributed by atoms with van der Waals surface area (Å²) in [5.41, 5.74) is 0.843. The van der Waals surface area contributed by atoms with Gasteiger partial charge in [-0.05, 0) is 55.9 Å². The van der Waals surface area contributed by atoms with E-state index >= 15 is 0 Å². The molecule has 0 aromatic heterocycles. The van der Waals surface area contributed by atoms with Gasteiger partial charge in [0.15, 0.2) is 0 Å². The topological polar surface area (TPSA) is 20.2 Å². The molecule has 1 aliphatic rings. The van der Waals surface area contributed by atoms with E-state index in [2.05, 4.69) is 0 Å². The van der Waals surface area contributed by atoms with Crippen LogP contribution in [-0.4, -0.2) is 5.11 Å². The number of aliphatic hydroxyl groups is 1. The van der Waals surface area contributed by atoms with Crippen molar-refractivity contribution in [3.8, 4) is 0 Å². The molecule has 0 radical (unpaired) electrons. The third-order valence-electron chi connectivity index (χ3n) is 3.12. The first-order chi connectivity index (χ1) is 6.51. The first-order valence-electron chi connectivity index (χ1n) is 5.01. The molecule has 0 amide bonds. The molecule has 1 N–H and O–H groups in total. The van der Waals surface area contributed by atoms with Crippen LogP contribution in [0.5, 0.6) is 0 Å². The maximum absolute atomic E-state index is 13.1. The summed E-state index contributed by atoms with van der Waals surface area (Å²) in [7, 11) is 0. The first kappa shape index (κ1) is 9.66. The summed E-state index contributed by atoms with van der Waals surface area (Å²) in [5.74, 6) is 0.0366. The molecular weight excluding hydrogens is 179 g/mol. The maximum Gasteiger partial charge on any atom is 0.123 e. The van der Waals surface area contributed by atoms with E-state index in [1.54, 1.807) is 13.0 Å². The SMILES string of the molecule is Cc1ccc(F)cc1[C@@](C)(O)C1CC1. The summed E-state index contributed by atoms with van der Waals surface area (Å²) in [6, 6.07) is 4.61. The molecule has 0 unspecified atom stereocenters. The molecule has 1 nitrogen and oxygen atoms in total. The number of hydrogen-bond donors (Lipinski definition) is 1. The molecule has 2 heteroatoms. The van der Waals surface area contributed by atoms with Crippen molar-refractivity contribution in [2.75, 3.05) is 0 Å². The van der Waals surface area contributed by atoms with E-state index in [9.17, 15) is 9.50 Å². The van der Waals surface area contributed by atoms with Crippen LogP contribution in [0, 0.1) is 18.7 Å². The lowest BCUT2D eigenvalue weighted by Crippen LogP contribution is -2.25. The highest BCUT2D eigenvalue weighted by Gasteiger charge is 2.41. The average molecular weight is 194 g/mol. The average Bonchev–Trinajstić information content (AvgIpc) is 2.91. The summed E-state index contributed by atoms with van der Waals surface area (Å²) in [5, 5.41) is 10.3. The summed E-state index contributed by atoms with van der Waals surface area (Å²) in [6.07, 6.45) is 2.09. The van der Waals surface area contributed by atoms with E-state index in [0.717, 1.165) is 24.0 Å². The van der Waals surface area contributed by atoms with Crippen LogP contribution >= 0.6 is 0 Å². The molecule has 2 rings (SSSR count). The van der Waals surface area contributed by atoms with Gasteiger partial charge in [0.25, 0.3) is 0 Å². The van der Waals surface area contributed by atoms with Crippen LogP contribution in [-0.2, 0) is 5.60 Å². The largest absolute Gasteiger partial charge is 0.385 e. The zero-order valence-electron chi connectivity index (χ0n) is 8.55. The van der Waals surface area contributed by atoms with Crippen LogP contribution in [0.15, 0.2) is 18.2 Å². The van der Waals surface area contributed by atoms with Crippen LogP contribution < -0.4 is 0 Å². The molecule has 1 aromatic carbocycles. The Balaban J connectivity index is 2.43. The zero-order valence-corrected chi connectivity index (χ0v) is 8.55. The molecule has 1 fully saturated rings. The van der Waals surface area contributed by atoms with E-state index in [1.807, 2.05) is 6.92 Å². The second kappa shape index (κ2) is 3.06. The predicted octanol–water partition coefficient (Wildman–Crippen LogP) is 2.75. The van der Waals surface area contributed by atoms with Crippen molar-refractivity contribution in [1.29, 1.82) is 0 Å². The summed E-state index contributed by atoms with van der Waals surface area (Å²) < 4.78 is 13.1. The standard InChI is InChI=1S/C12H15FO/c1-8-3-6-10(13)7-11(8)12(2,14)9-4-5-9/h3,6-7,9,14H,4-5H2,1-2H3/t12-/m0/s1. The van der Waals surface area contributed by atoms with Crippen molar-refractivity contribution in [1.82, 2.24) is 0 Å². The lowest BCUT2D eigenvalue weighted by molar-refractivity contribution is 0.0321. The van der Waals surface area contributed by atoms with Gasteiger partial charge in [-0.2, -0.15) is 0 Å². The van der Waals surface area contributed by atoms with E-state index < -0.39 is 5.60 Å². The van der Waals surface area contributed by atoms with Crippen LogP contribution in [0.4, 0.5) is 4.39 Å². The Bertz CT molecular complexity index is 353. The van der Waals surface area contributed by atoms with E-state index in [1.165, 1.54) is 12.1 Å². The van der Waals surface area contributed by atoms with Gasteiger partial charge in [0.2, 0.25) is 0 Å². The lowest BCUT2D eigenvalue weighted by Gasteiger charge is -2.25. The quantitative estimate of drug-likeness (QED) is 0.767. The Labute approximate surface area is 83.6 Å². The Morgan fingerprint density at radius 2 is 2.07 bits per heavy atom. The minimum absolute atomic E-state index is 0.272. The van der Waals surface area contributed by atoms with Crippen molar-refractivity contribution in [2.24, 2.45) is 5.92 Å². The van der Waals surface area contributed by atoms with Crippen molar-refractivity contribution in [3.05, 3.63) is 35.1 Å². The molecule has 1 atom stereocenters. The van der Waals surface area contributed by atoms with E-state index in [-0.39, 0.29) is 5.82 Å². The highest BCUT2D eigenvalue weighted by Crippen LogP contribution is 2.46. The second-order valence-corrected chi connectivity index (χ2v) is 4.38. The van der Waals surface area contributed by atoms with E-state index in [4.69, 9.17) is 0 Å². The molecule has 1 saturated carbocycles. The number of aryl methyl sites for hydroxylation is 1. The van der Waals surface area contributed by atoms with Crippen molar-refractivity contribution < 1.29 is 9.50 Å². The number of halogens is 1. The van der Waals surface area contributed by atoms with Gasteiger partial charge in [-0.15, -0.1) is 0 Å². The van der Waals surface area contributed by atoms with Crippen LogP contribution in [0.25, 0.3) is 0 Å². The highest BCUT2D eigenvalue weighted by atomic mass is 19.1. The zero-order chi connectivity index (χ0) is 10.3. The van der Waals surface area contributed by atoms with Crippen molar-refractivity contribution >= 4 is 0 Å². The Morgan fingerprint density at radius 1 is 1.43 bits per heavy atom. The molecule has 76 valence electrons. The summed E-state index contributed by atoms with van der Waals surface area (Å²) in [4.78, 5) is 0. The van der Waals surface area contributed by atoms with Gasteiger partial charge in [0.1, 0.15) is 5.82 Å². The van der Waals surface area contributed by atoms with Gasteiger partial charge in [-0.3, -0.25) is 0 Å². The monoisotopic (exact) mass is 194 g/mol. The second-order valence-electron chi connectivity index (χ2n) is 4.38. The molecule has 1 aromatic rings. The number of rotatable bonds is 2. The molecule has 0 spiro atoms. The molecule has 14 heavy (non-hydrogen) atoms. The minimum atomic E-state index is -0.855. The van der Waals surface area contributed by atoms with Gasteiger partial charge in [-0.1, -0.05) is 6.07 Å². The Morgan fingerprint density at radius 3 is 2.64 bits per heavy atom. The third-order valence-corrected chi connectivity index (χ3v) is 3.12. The Hall–Kier alpha value is -0.890. The van der Waals surface area contributed by atoms with Crippen LogP contribution in [0.3, 0.4) is 0 Å². The predicted molar refractivity (Wildman–Crippen MR) is 53.4 cm³/mol. The van der Waals surface area contributed by atoms with Gasteiger partial charge in [-0.25, -0.2) is 4.39 Å². The van der Waals surface area contributed by atoms with Gasteiger partial charge in [0.05, 0.1) is 5.60 Å². The first-order valence-corrected chi connectivity index (χ1v) is 5.01. The fraction of sp³-hybridized carbons (Fsp3) is 0.500. The molecule has 1 aliphatic carbocycles. The van der Waals surface area contributed by atoms with Crippen molar-refractivity contribution in [3.63, 3.8) is 0 Å². The highest BCUT2D eigenvalue weighted by molar-refractivity contribution is 5.32. The van der Waals surface area contributed by atoms with E-state index in [0.29, 0.717) is 5.92 Å². The number of benzene rings is 1. The fourth-order valence-corrected chi connectivity index (χ4v) is 2.00. The van der Waals surface area contributed by atoms with Crippen LogP contribution in [0.1, 0.15) is 30.9 Å². The Kier molecular flexibility index (Phi) is 2.11. The summed E-state index contributed by atoms with van der Waals surface area (Å²) in [6.45, 7) is 3.69. The molecule has 0 heterocycles. The maximum atomic E-state index is 13.1. The third kappa shape index (κ3) is 1.55. The molecule has 0 aliphatic heterocycles. The van der Waals surface area contributed by atoms with Gasteiger partial charge in [0, 0.05) is 0 Å². The summed E-state index contributed by atoms with van der Waals surface area (Å²) >= 11 is 0. The number of hydrogen-bond acceptors (Lipinski definition) is 1. The van der Waals surface area contributed by atoms with Gasteiger partial charge < -0.3 is 5.11 Å². The van der Waals surface area contributed by atoms with Gasteiger partial charge >= 0.3 is 0 Å². The molecule has 0 bridgehead atoms.